The van der Waals surface area contributed by atoms with E-state index in [-0.39, 0.29) is 28.8 Å². The molecule has 0 radical (unpaired) electrons. The van der Waals surface area contributed by atoms with Crippen molar-refractivity contribution >= 4 is 29.2 Å². The molecule has 27 heavy (non-hydrogen) atoms. The minimum Gasteiger partial charge on any atom is -0.462 e. The van der Waals surface area contributed by atoms with Crippen molar-refractivity contribution in [2.75, 3.05) is 6.61 Å². The third kappa shape index (κ3) is 3.66. The van der Waals surface area contributed by atoms with E-state index in [0.29, 0.717) is 11.3 Å². The molecule has 2 aromatic rings. The quantitative estimate of drug-likeness (QED) is 0.615. The van der Waals surface area contributed by atoms with Crippen LogP contribution in [0.1, 0.15) is 32.4 Å². The Morgan fingerprint density at radius 3 is 2.81 bits per heavy atom. The molecule has 3 heterocycles. The van der Waals surface area contributed by atoms with E-state index in [1.165, 1.54) is 4.40 Å². The fourth-order valence-electron chi connectivity index (χ4n) is 2.82. The SMILES string of the molecule is CC1=C(C(=O)OCC(C)C)C(c2c(Cl)nc3ccccn3c2=O)NC(=O)N1. The van der Waals surface area contributed by atoms with E-state index >= 15 is 0 Å². The van der Waals surface area contributed by atoms with Crippen LogP contribution >= 0.6 is 11.6 Å². The minimum absolute atomic E-state index is 0.00561. The maximum Gasteiger partial charge on any atom is 0.338 e. The van der Waals surface area contributed by atoms with Crippen molar-refractivity contribution in [2.24, 2.45) is 5.92 Å². The van der Waals surface area contributed by atoms with Gasteiger partial charge in [0.15, 0.2) is 0 Å². The summed E-state index contributed by atoms with van der Waals surface area (Å²) in [6.07, 6.45) is 1.54. The molecule has 0 saturated heterocycles. The highest BCUT2D eigenvalue weighted by molar-refractivity contribution is 6.30. The lowest BCUT2D eigenvalue weighted by Crippen LogP contribution is -2.47. The Bertz CT molecular complexity index is 1010. The van der Waals surface area contributed by atoms with Gasteiger partial charge in [0.05, 0.1) is 23.8 Å². The monoisotopic (exact) mass is 390 g/mol. The predicted octanol–water partition coefficient (Wildman–Crippen LogP) is 2.17. The third-order valence-electron chi connectivity index (χ3n) is 4.05. The Morgan fingerprint density at radius 1 is 1.37 bits per heavy atom. The van der Waals surface area contributed by atoms with Gasteiger partial charge >= 0.3 is 12.0 Å². The average molecular weight is 391 g/mol. The van der Waals surface area contributed by atoms with E-state index < -0.39 is 23.6 Å². The van der Waals surface area contributed by atoms with E-state index in [9.17, 15) is 14.4 Å². The molecule has 1 unspecified atom stereocenters. The van der Waals surface area contributed by atoms with Crippen molar-refractivity contribution in [3.63, 3.8) is 0 Å². The van der Waals surface area contributed by atoms with Crippen LogP contribution in [-0.4, -0.2) is 28.0 Å². The fourth-order valence-corrected chi connectivity index (χ4v) is 3.10. The van der Waals surface area contributed by atoms with Crippen molar-refractivity contribution < 1.29 is 14.3 Å². The smallest absolute Gasteiger partial charge is 0.338 e. The zero-order valence-electron chi connectivity index (χ0n) is 15.1. The summed E-state index contributed by atoms with van der Waals surface area (Å²) in [5, 5.41) is 5.03. The average Bonchev–Trinajstić information content (AvgIpc) is 2.59. The highest BCUT2D eigenvalue weighted by Gasteiger charge is 2.36. The molecule has 2 amide bonds. The van der Waals surface area contributed by atoms with Crippen LogP contribution in [0.3, 0.4) is 0 Å². The number of carbonyl (C=O) groups is 2. The molecule has 1 aliphatic rings. The van der Waals surface area contributed by atoms with Crippen molar-refractivity contribution in [1.82, 2.24) is 20.0 Å². The Labute approximate surface area is 160 Å². The number of hydrogen-bond acceptors (Lipinski definition) is 5. The van der Waals surface area contributed by atoms with Gasteiger partial charge in [-0.05, 0) is 25.0 Å². The second-order valence-electron chi connectivity index (χ2n) is 6.61. The van der Waals surface area contributed by atoms with Crippen molar-refractivity contribution in [1.29, 1.82) is 0 Å². The molecule has 0 aromatic carbocycles. The number of amides is 2. The third-order valence-corrected chi connectivity index (χ3v) is 4.34. The van der Waals surface area contributed by atoms with E-state index in [1.807, 2.05) is 13.8 Å². The lowest BCUT2D eigenvalue weighted by Gasteiger charge is -2.28. The molecule has 0 spiro atoms. The van der Waals surface area contributed by atoms with Gasteiger partial charge in [-0.25, -0.2) is 14.6 Å². The largest absolute Gasteiger partial charge is 0.462 e. The normalized spacial score (nSPS) is 17.1. The van der Waals surface area contributed by atoms with Crippen molar-refractivity contribution in [3.05, 3.63) is 56.7 Å². The maximum atomic E-state index is 13.0. The van der Waals surface area contributed by atoms with Gasteiger partial charge < -0.3 is 15.4 Å². The van der Waals surface area contributed by atoms with E-state index in [2.05, 4.69) is 15.6 Å². The highest BCUT2D eigenvalue weighted by Crippen LogP contribution is 2.29. The van der Waals surface area contributed by atoms with Gasteiger partial charge in [0.2, 0.25) is 0 Å². The molecule has 1 aliphatic heterocycles. The second-order valence-corrected chi connectivity index (χ2v) is 6.97. The lowest BCUT2D eigenvalue weighted by atomic mass is 9.97. The molecule has 1 atom stereocenters. The van der Waals surface area contributed by atoms with Crippen LogP contribution < -0.4 is 16.2 Å². The summed E-state index contributed by atoms with van der Waals surface area (Å²) in [5.41, 5.74) is 0.310. The van der Waals surface area contributed by atoms with Gasteiger partial charge in [-0.3, -0.25) is 9.20 Å². The number of fused-ring (bicyclic) bond motifs is 1. The van der Waals surface area contributed by atoms with E-state index in [1.54, 1.807) is 31.3 Å². The number of ether oxygens (including phenoxy) is 1. The molecule has 2 N–H and O–H groups in total. The van der Waals surface area contributed by atoms with Gasteiger partial charge in [0.25, 0.3) is 5.56 Å². The number of esters is 1. The van der Waals surface area contributed by atoms with Crippen LogP contribution in [0, 0.1) is 5.92 Å². The molecule has 142 valence electrons. The minimum atomic E-state index is -1.07. The molecule has 3 rings (SSSR count). The van der Waals surface area contributed by atoms with Crippen LogP contribution in [0.25, 0.3) is 5.65 Å². The summed E-state index contributed by atoms with van der Waals surface area (Å²) in [4.78, 5) is 41.8. The summed E-state index contributed by atoms with van der Waals surface area (Å²) in [5.74, 6) is -0.497. The number of rotatable bonds is 4. The molecule has 0 saturated carbocycles. The zero-order valence-corrected chi connectivity index (χ0v) is 15.8. The van der Waals surface area contributed by atoms with Crippen LogP contribution in [-0.2, 0) is 9.53 Å². The van der Waals surface area contributed by atoms with Gasteiger partial charge in [0, 0.05) is 11.9 Å². The molecule has 8 nitrogen and oxygen atoms in total. The van der Waals surface area contributed by atoms with Crippen LogP contribution in [0.5, 0.6) is 0 Å². The number of hydrogen-bond donors (Lipinski definition) is 2. The number of allylic oxidation sites excluding steroid dienone is 1. The summed E-state index contributed by atoms with van der Waals surface area (Å²) < 4.78 is 6.61. The summed E-state index contributed by atoms with van der Waals surface area (Å²) in [6.45, 7) is 5.59. The first-order valence-electron chi connectivity index (χ1n) is 8.41. The topological polar surface area (TPSA) is 102 Å². The Hall–Kier alpha value is -2.87. The first-order chi connectivity index (χ1) is 12.8. The molecular formula is C18H19ClN4O4. The number of carbonyl (C=O) groups excluding carboxylic acids is 2. The van der Waals surface area contributed by atoms with Crippen LogP contribution in [0.15, 0.2) is 40.5 Å². The standard InChI is InChI=1S/C18H19ClN4O4/c1-9(2)8-27-17(25)12-10(3)20-18(26)22-14(12)13-15(19)21-11-6-4-5-7-23(11)16(13)24/h4-7,9,14H,8H2,1-3H3,(H2,20,22,26). The second kappa shape index (κ2) is 7.40. The highest BCUT2D eigenvalue weighted by atomic mass is 35.5. The van der Waals surface area contributed by atoms with E-state index in [0.717, 1.165) is 0 Å². The summed E-state index contributed by atoms with van der Waals surface area (Å²) >= 11 is 6.26. The molecular weight excluding hydrogens is 372 g/mol. The predicted molar refractivity (Wildman–Crippen MR) is 99.4 cm³/mol. The number of nitrogens with one attached hydrogen (secondary N) is 2. The van der Waals surface area contributed by atoms with Gasteiger partial charge in [-0.1, -0.05) is 31.5 Å². The Balaban J connectivity index is 2.14. The summed E-state index contributed by atoms with van der Waals surface area (Å²) in [7, 11) is 0. The molecule has 0 bridgehead atoms. The first-order valence-corrected chi connectivity index (χ1v) is 8.79. The zero-order chi connectivity index (χ0) is 19.7. The number of pyridine rings is 1. The van der Waals surface area contributed by atoms with E-state index in [4.69, 9.17) is 16.3 Å². The molecule has 9 heteroatoms. The molecule has 0 aliphatic carbocycles. The Morgan fingerprint density at radius 2 is 2.11 bits per heavy atom. The molecule has 2 aromatic heterocycles. The number of halogens is 1. The van der Waals surface area contributed by atoms with Crippen molar-refractivity contribution in [2.45, 2.75) is 26.8 Å². The number of aromatic nitrogens is 2. The molecule has 0 fully saturated rings. The number of urea groups is 1. The lowest BCUT2D eigenvalue weighted by molar-refractivity contribution is -0.140. The summed E-state index contributed by atoms with van der Waals surface area (Å²) in [6, 6.07) is 3.42. The van der Waals surface area contributed by atoms with Gasteiger partial charge in [0.1, 0.15) is 10.8 Å². The fraction of sp³-hybridized carbons (Fsp3) is 0.333. The maximum absolute atomic E-state index is 13.0. The van der Waals surface area contributed by atoms with Gasteiger partial charge in [-0.15, -0.1) is 0 Å². The van der Waals surface area contributed by atoms with Crippen LogP contribution in [0.4, 0.5) is 4.79 Å². The Kier molecular flexibility index (Phi) is 5.18. The first kappa shape index (κ1) is 18.9. The number of nitrogens with zero attached hydrogens (tertiary/aromatic N) is 2. The van der Waals surface area contributed by atoms with Crippen molar-refractivity contribution in [3.8, 4) is 0 Å². The van der Waals surface area contributed by atoms with Crippen LogP contribution in [0.2, 0.25) is 5.15 Å². The van der Waals surface area contributed by atoms with Gasteiger partial charge in [-0.2, -0.15) is 0 Å².